The van der Waals surface area contributed by atoms with E-state index in [1.807, 2.05) is 15.9 Å². The normalized spacial score (nSPS) is 24.3. The second kappa shape index (κ2) is 5.66. The molecule has 0 aliphatic carbocycles. The molecule has 0 N–H and O–H groups in total. The Hall–Kier alpha value is 0.420. The third kappa shape index (κ3) is 3.19. The third-order valence-electron chi connectivity index (χ3n) is 2.39. The van der Waals surface area contributed by atoms with Gasteiger partial charge in [-0.2, -0.15) is 0 Å². The van der Waals surface area contributed by atoms with E-state index in [2.05, 4.69) is 12.8 Å². The molecule has 0 aromatic heterocycles. The maximum absolute atomic E-state index is 12.6. The van der Waals surface area contributed by atoms with Crippen molar-refractivity contribution in [2.24, 2.45) is 0 Å². The fraction of sp³-hybridized carbons (Fsp3) is 1.00. The molecule has 7 heteroatoms. The van der Waals surface area contributed by atoms with E-state index >= 15 is 0 Å². The maximum Gasteiger partial charge on any atom is 0.345 e. The molecule has 15 heavy (non-hydrogen) atoms. The van der Waals surface area contributed by atoms with Crippen molar-refractivity contribution in [2.75, 3.05) is 46.9 Å². The minimum absolute atomic E-state index is 0.469. The van der Waals surface area contributed by atoms with Crippen molar-refractivity contribution >= 4 is 20.5 Å². The van der Waals surface area contributed by atoms with E-state index in [0.29, 0.717) is 6.61 Å². The van der Waals surface area contributed by atoms with Crippen LogP contribution in [0.5, 0.6) is 0 Å². The van der Waals surface area contributed by atoms with Crippen molar-refractivity contribution in [3.8, 4) is 0 Å². The first-order chi connectivity index (χ1) is 7.00. The zero-order valence-electron chi connectivity index (χ0n) is 9.59. The Morgan fingerprint density at radius 3 is 2.27 bits per heavy atom. The van der Waals surface area contributed by atoms with Crippen molar-refractivity contribution in [3.63, 3.8) is 0 Å². The van der Waals surface area contributed by atoms with Crippen LogP contribution in [0.3, 0.4) is 0 Å². The summed E-state index contributed by atoms with van der Waals surface area (Å²) in [5, 5.41) is 0. The lowest BCUT2D eigenvalue weighted by molar-refractivity contribution is 0.203. The average Bonchev–Trinajstić information content (AvgIpc) is 2.18. The van der Waals surface area contributed by atoms with Crippen LogP contribution in [0.2, 0.25) is 0 Å². The quantitative estimate of drug-likeness (QED) is 0.601. The molecule has 1 saturated heterocycles. The van der Waals surface area contributed by atoms with Crippen LogP contribution in [0.15, 0.2) is 0 Å². The first-order valence-corrected chi connectivity index (χ1v) is 7.05. The van der Waals surface area contributed by atoms with Crippen molar-refractivity contribution in [2.45, 2.75) is 6.92 Å². The molecular weight excluding hydrogens is 233 g/mol. The molecule has 90 valence electrons. The van der Waals surface area contributed by atoms with Gasteiger partial charge in [-0.15, -0.1) is 0 Å². The van der Waals surface area contributed by atoms with Gasteiger partial charge in [0.05, 0.1) is 6.61 Å². The first-order valence-electron chi connectivity index (χ1n) is 5.12. The van der Waals surface area contributed by atoms with Gasteiger partial charge in [0, 0.05) is 26.2 Å². The minimum atomic E-state index is -2.79. The van der Waals surface area contributed by atoms with Crippen LogP contribution in [-0.2, 0) is 9.09 Å². The summed E-state index contributed by atoms with van der Waals surface area (Å²) >= 11 is 4.26. The molecule has 0 spiro atoms. The highest BCUT2D eigenvalue weighted by Crippen LogP contribution is 2.52. The highest BCUT2D eigenvalue weighted by atomic mass is 32.1. The standard InChI is InChI=1S/C8H20N3O2PS/c1-4-13-14(12,9(2)3)10-5-7-11(15)8-6-10/h15H,4-8H2,1-3H3. The predicted molar refractivity (Wildman–Crippen MR) is 65.1 cm³/mol. The molecule has 1 atom stereocenters. The molecule has 0 bridgehead atoms. The summed E-state index contributed by atoms with van der Waals surface area (Å²) in [5.74, 6) is 0. The number of hydrogen-bond donors (Lipinski definition) is 1. The Morgan fingerprint density at radius 1 is 1.33 bits per heavy atom. The van der Waals surface area contributed by atoms with Crippen LogP contribution >= 0.6 is 20.5 Å². The van der Waals surface area contributed by atoms with E-state index < -0.39 is 7.67 Å². The fourth-order valence-electron chi connectivity index (χ4n) is 1.56. The van der Waals surface area contributed by atoms with Gasteiger partial charge >= 0.3 is 7.67 Å². The Labute approximate surface area is 97.5 Å². The molecule has 0 aromatic carbocycles. The molecule has 5 nitrogen and oxygen atoms in total. The Balaban J connectivity index is 2.68. The number of rotatable bonds is 4. The van der Waals surface area contributed by atoms with E-state index in [1.165, 1.54) is 0 Å². The molecular formula is C8H20N3O2PS. The van der Waals surface area contributed by atoms with E-state index in [4.69, 9.17) is 4.52 Å². The summed E-state index contributed by atoms with van der Waals surface area (Å²) in [4.78, 5) is 0. The number of thiol groups is 1. The van der Waals surface area contributed by atoms with E-state index in [1.54, 1.807) is 18.8 Å². The number of hydrogen-bond acceptors (Lipinski definition) is 4. The van der Waals surface area contributed by atoms with Crippen molar-refractivity contribution in [1.29, 1.82) is 0 Å². The van der Waals surface area contributed by atoms with Crippen molar-refractivity contribution < 1.29 is 9.09 Å². The molecule has 0 saturated carbocycles. The fourth-order valence-corrected chi connectivity index (χ4v) is 3.66. The Bertz CT molecular complexity index is 244. The Kier molecular flexibility index (Phi) is 5.09. The molecule has 1 heterocycles. The average molecular weight is 253 g/mol. The summed E-state index contributed by atoms with van der Waals surface area (Å²) in [6, 6.07) is 0. The second-order valence-corrected chi connectivity index (χ2v) is 6.83. The summed E-state index contributed by atoms with van der Waals surface area (Å²) in [6.45, 7) is 5.43. The summed E-state index contributed by atoms with van der Waals surface area (Å²) in [6.07, 6.45) is 0. The van der Waals surface area contributed by atoms with Gasteiger partial charge in [-0.05, 0) is 21.0 Å². The van der Waals surface area contributed by atoms with Crippen LogP contribution in [-0.4, -0.2) is 60.5 Å². The SMILES string of the molecule is CCOP(=O)(N(C)C)N1CCN(S)CC1. The van der Waals surface area contributed by atoms with Crippen LogP contribution in [0.25, 0.3) is 0 Å². The largest absolute Gasteiger partial charge is 0.345 e. The topological polar surface area (TPSA) is 36.0 Å². The van der Waals surface area contributed by atoms with Crippen LogP contribution in [0.1, 0.15) is 6.92 Å². The molecule has 1 fully saturated rings. The summed E-state index contributed by atoms with van der Waals surface area (Å²) in [5.41, 5.74) is 0. The first kappa shape index (κ1) is 13.5. The molecule has 0 aromatic rings. The lowest BCUT2D eigenvalue weighted by Crippen LogP contribution is -2.43. The van der Waals surface area contributed by atoms with E-state index in [-0.39, 0.29) is 0 Å². The van der Waals surface area contributed by atoms with Gasteiger partial charge in [-0.1, -0.05) is 12.8 Å². The van der Waals surface area contributed by atoms with Gasteiger partial charge in [0.25, 0.3) is 0 Å². The van der Waals surface area contributed by atoms with Gasteiger partial charge in [0.2, 0.25) is 0 Å². The smallest absolute Gasteiger partial charge is 0.306 e. The van der Waals surface area contributed by atoms with Crippen LogP contribution < -0.4 is 0 Å². The minimum Gasteiger partial charge on any atom is -0.306 e. The lowest BCUT2D eigenvalue weighted by Gasteiger charge is -2.38. The number of piperazine rings is 1. The zero-order chi connectivity index (χ0) is 11.5. The van der Waals surface area contributed by atoms with Crippen molar-refractivity contribution in [1.82, 2.24) is 13.6 Å². The lowest BCUT2D eigenvalue weighted by atomic mass is 10.4. The molecule has 1 rings (SSSR count). The monoisotopic (exact) mass is 253 g/mol. The van der Waals surface area contributed by atoms with Gasteiger partial charge in [0.1, 0.15) is 0 Å². The molecule has 1 unspecified atom stereocenters. The molecule has 0 amide bonds. The number of nitrogens with zero attached hydrogens (tertiary/aromatic N) is 3. The predicted octanol–water partition coefficient (Wildman–Crippen LogP) is 1.16. The zero-order valence-corrected chi connectivity index (χ0v) is 11.4. The highest BCUT2D eigenvalue weighted by molar-refractivity contribution is 7.77. The van der Waals surface area contributed by atoms with Gasteiger partial charge in [0.15, 0.2) is 0 Å². The van der Waals surface area contributed by atoms with Crippen LogP contribution in [0, 0.1) is 0 Å². The van der Waals surface area contributed by atoms with Gasteiger partial charge < -0.3 is 4.52 Å². The third-order valence-corrected chi connectivity index (χ3v) is 5.51. The van der Waals surface area contributed by atoms with Crippen molar-refractivity contribution in [3.05, 3.63) is 0 Å². The van der Waals surface area contributed by atoms with E-state index in [0.717, 1.165) is 26.2 Å². The summed E-state index contributed by atoms with van der Waals surface area (Å²) < 4.78 is 23.5. The van der Waals surface area contributed by atoms with Crippen LogP contribution in [0.4, 0.5) is 0 Å². The molecule has 0 radical (unpaired) electrons. The van der Waals surface area contributed by atoms with E-state index in [9.17, 15) is 4.57 Å². The molecule has 1 aliphatic heterocycles. The summed E-state index contributed by atoms with van der Waals surface area (Å²) in [7, 11) is 0.803. The Morgan fingerprint density at radius 2 is 1.87 bits per heavy atom. The maximum atomic E-state index is 12.6. The van der Waals surface area contributed by atoms with Gasteiger partial charge in [-0.25, -0.2) is 9.34 Å². The molecule has 1 aliphatic rings. The highest BCUT2D eigenvalue weighted by Gasteiger charge is 2.35. The second-order valence-electron chi connectivity index (χ2n) is 3.66. The van der Waals surface area contributed by atoms with Gasteiger partial charge in [-0.3, -0.25) is 8.87 Å².